The minimum Gasteiger partial charge on any atom is -0.508 e. The quantitative estimate of drug-likeness (QED) is 0.230. The van der Waals surface area contributed by atoms with E-state index in [1.807, 2.05) is 59.4 Å². The van der Waals surface area contributed by atoms with Crippen molar-refractivity contribution in [2.45, 2.75) is 33.1 Å². The number of phenols is 3. The molecule has 0 heterocycles. The van der Waals surface area contributed by atoms with E-state index in [1.165, 1.54) is 0 Å². The van der Waals surface area contributed by atoms with Gasteiger partial charge in [0.15, 0.2) is 0 Å². The van der Waals surface area contributed by atoms with Crippen molar-refractivity contribution in [2.75, 3.05) is 68.6 Å². The summed E-state index contributed by atoms with van der Waals surface area (Å²) in [6.45, 7) is 7.22. The van der Waals surface area contributed by atoms with E-state index in [9.17, 15) is 15.3 Å². The molecule has 230 valence electrons. The molecule has 0 aliphatic heterocycles. The first-order chi connectivity index (χ1) is 20.0. The minimum absolute atomic E-state index is 0.220. The summed E-state index contributed by atoms with van der Waals surface area (Å²) in [5.41, 5.74) is 4.28. The molecule has 0 bridgehead atoms. The van der Waals surface area contributed by atoms with Crippen molar-refractivity contribution in [3.63, 3.8) is 0 Å². The summed E-state index contributed by atoms with van der Waals surface area (Å²) < 4.78 is 10.8. The number of benzene rings is 3. The molecule has 0 fully saturated rings. The van der Waals surface area contributed by atoms with Crippen LogP contribution in [0.15, 0.2) is 48.5 Å². The van der Waals surface area contributed by atoms with Gasteiger partial charge in [-0.1, -0.05) is 17.7 Å². The van der Waals surface area contributed by atoms with Gasteiger partial charge in [0, 0.05) is 74.6 Å². The van der Waals surface area contributed by atoms with E-state index >= 15 is 0 Å². The molecule has 3 rings (SSSR count). The first-order valence-electron chi connectivity index (χ1n) is 14.3. The Morgan fingerprint density at radius 1 is 0.548 bits per heavy atom. The number of aromatic hydroxyl groups is 3. The van der Waals surface area contributed by atoms with Crippen molar-refractivity contribution in [2.24, 2.45) is 0 Å². The number of ether oxygens (including phenoxy) is 2. The second kappa shape index (κ2) is 15.7. The van der Waals surface area contributed by atoms with E-state index < -0.39 is 0 Å². The van der Waals surface area contributed by atoms with Crippen LogP contribution in [0.1, 0.15) is 27.8 Å². The zero-order chi connectivity index (χ0) is 30.8. The van der Waals surface area contributed by atoms with E-state index in [1.54, 1.807) is 38.5 Å². The Labute approximate surface area is 251 Å². The maximum absolute atomic E-state index is 11.6. The third kappa shape index (κ3) is 9.80. The van der Waals surface area contributed by atoms with Crippen molar-refractivity contribution >= 4 is 0 Å². The second-order valence-electron chi connectivity index (χ2n) is 11.4. The van der Waals surface area contributed by atoms with Crippen molar-refractivity contribution in [1.29, 1.82) is 0 Å². The number of likely N-dealkylation sites (N-methyl/N-ethyl adjacent to an activating group) is 2. The average molecular weight is 581 g/mol. The third-order valence-electron chi connectivity index (χ3n) is 7.29. The lowest BCUT2D eigenvalue weighted by Gasteiger charge is -2.28. The fraction of sp³-hybridized carbons (Fsp3) is 0.455. The van der Waals surface area contributed by atoms with E-state index in [2.05, 4.69) is 19.6 Å². The predicted octanol–water partition coefficient (Wildman–Crippen LogP) is 4.26. The maximum Gasteiger partial charge on any atom is 0.124 e. The van der Waals surface area contributed by atoms with Crippen LogP contribution in [0, 0.1) is 6.92 Å². The number of rotatable bonds is 16. The number of hydrogen-bond donors (Lipinski definition) is 3. The zero-order valence-corrected chi connectivity index (χ0v) is 26.2. The number of hydrogen-bond acceptors (Lipinski definition) is 9. The van der Waals surface area contributed by atoms with Crippen LogP contribution < -0.4 is 9.47 Å². The van der Waals surface area contributed by atoms with Crippen LogP contribution in [0.3, 0.4) is 0 Å². The molecule has 3 N–H and O–H groups in total. The Morgan fingerprint density at radius 3 is 1.29 bits per heavy atom. The van der Waals surface area contributed by atoms with Gasteiger partial charge in [0.25, 0.3) is 0 Å². The molecular weight excluding hydrogens is 532 g/mol. The summed E-state index contributed by atoms with van der Waals surface area (Å²) in [7, 11) is 11.4. The molecule has 0 aromatic heterocycles. The molecular formula is C33H48N4O5. The van der Waals surface area contributed by atoms with Gasteiger partial charge in [0.2, 0.25) is 0 Å². The summed E-state index contributed by atoms with van der Waals surface area (Å²) in [5, 5.41) is 32.7. The lowest BCUT2D eigenvalue weighted by atomic mass is 10.0. The summed E-state index contributed by atoms with van der Waals surface area (Å²) in [4.78, 5) is 8.70. The molecule has 0 spiro atoms. The fourth-order valence-electron chi connectivity index (χ4n) is 4.88. The van der Waals surface area contributed by atoms with E-state index in [0.29, 0.717) is 37.7 Å². The van der Waals surface area contributed by atoms with Gasteiger partial charge in [-0.05, 0) is 71.5 Å². The molecule has 9 heteroatoms. The molecule has 0 radical (unpaired) electrons. The molecule has 9 nitrogen and oxygen atoms in total. The third-order valence-corrected chi connectivity index (χ3v) is 7.29. The maximum atomic E-state index is 11.6. The van der Waals surface area contributed by atoms with E-state index in [0.717, 1.165) is 54.0 Å². The van der Waals surface area contributed by atoms with Crippen LogP contribution in [0.25, 0.3) is 0 Å². The highest BCUT2D eigenvalue weighted by Crippen LogP contribution is 2.31. The van der Waals surface area contributed by atoms with E-state index in [-0.39, 0.29) is 17.2 Å². The van der Waals surface area contributed by atoms with Gasteiger partial charge in [-0.15, -0.1) is 0 Å². The normalized spacial score (nSPS) is 11.7. The topological polar surface area (TPSA) is 92.1 Å². The highest BCUT2D eigenvalue weighted by atomic mass is 16.5. The lowest BCUT2D eigenvalue weighted by molar-refractivity contribution is 0.216. The highest BCUT2D eigenvalue weighted by molar-refractivity contribution is 5.44. The molecule has 0 amide bonds. The SMILES string of the molecule is COc1ccc(O)c(CN(CCN(C)C)Cc2cc(C)cc(CN(CCN(C)C)Cc3cc(OC)ccc3O)c2O)c1. The Hall–Kier alpha value is -3.50. The van der Waals surface area contributed by atoms with Gasteiger partial charge in [0.1, 0.15) is 28.7 Å². The summed E-state index contributed by atoms with van der Waals surface area (Å²) >= 11 is 0. The van der Waals surface area contributed by atoms with Crippen molar-refractivity contribution in [1.82, 2.24) is 19.6 Å². The van der Waals surface area contributed by atoms with Crippen LogP contribution in [0.2, 0.25) is 0 Å². The molecule has 3 aromatic rings. The summed E-state index contributed by atoms with van der Waals surface area (Å²) in [5.74, 6) is 2.09. The van der Waals surface area contributed by atoms with Gasteiger partial charge >= 0.3 is 0 Å². The molecule has 0 saturated carbocycles. The summed E-state index contributed by atoms with van der Waals surface area (Å²) in [6, 6.07) is 14.6. The highest BCUT2D eigenvalue weighted by Gasteiger charge is 2.19. The molecule has 42 heavy (non-hydrogen) atoms. The first-order valence-corrected chi connectivity index (χ1v) is 14.3. The number of aryl methyl sites for hydroxylation is 1. The number of phenolic OH excluding ortho intramolecular Hbond substituents is 3. The van der Waals surface area contributed by atoms with Crippen molar-refractivity contribution in [3.8, 4) is 28.7 Å². The van der Waals surface area contributed by atoms with Gasteiger partial charge in [-0.25, -0.2) is 0 Å². The predicted molar refractivity (Wildman–Crippen MR) is 167 cm³/mol. The Bertz CT molecular complexity index is 1200. The van der Waals surface area contributed by atoms with Crippen LogP contribution in [0.4, 0.5) is 0 Å². The van der Waals surface area contributed by atoms with Crippen molar-refractivity contribution in [3.05, 3.63) is 76.3 Å². The van der Waals surface area contributed by atoms with Crippen LogP contribution in [-0.2, 0) is 26.2 Å². The van der Waals surface area contributed by atoms with Crippen LogP contribution in [-0.4, -0.2) is 104 Å². The molecule has 3 aromatic carbocycles. The Kier molecular flexibility index (Phi) is 12.3. The van der Waals surface area contributed by atoms with Gasteiger partial charge in [-0.3, -0.25) is 9.80 Å². The summed E-state index contributed by atoms with van der Waals surface area (Å²) in [6.07, 6.45) is 0. The largest absolute Gasteiger partial charge is 0.508 e. The Morgan fingerprint density at radius 2 is 0.929 bits per heavy atom. The van der Waals surface area contributed by atoms with Crippen LogP contribution in [0.5, 0.6) is 28.7 Å². The number of nitrogens with zero attached hydrogens (tertiary/aromatic N) is 4. The van der Waals surface area contributed by atoms with E-state index in [4.69, 9.17) is 9.47 Å². The minimum atomic E-state index is 0.220. The smallest absolute Gasteiger partial charge is 0.124 e. The standard InChI is InChI=1S/C33H48N4O5/c1-24-16-27(22-36(14-12-34(2)3)20-25-18-29(41-6)8-10-31(25)38)33(40)28(17-24)23-37(15-13-35(4)5)21-26-19-30(42-7)9-11-32(26)39/h8-11,16-19,38-40H,12-15,20-23H2,1-7H3. The number of methoxy groups -OCH3 is 2. The fourth-order valence-corrected chi connectivity index (χ4v) is 4.88. The first kappa shape index (κ1) is 33.0. The zero-order valence-electron chi connectivity index (χ0n) is 26.2. The Balaban J connectivity index is 1.89. The molecule has 0 aliphatic rings. The lowest BCUT2D eigenvalue weighted by Crippen LogP contribution is -2.32. The van der Waals surface area contributed by atoms with Gasteiger partial charge < -0.3 is 34.6 Å². The van der Waals surface area contributed by atoms with Gasteiger partial charge in [0.05, 0.1) is 14.2 Å². The second-order valence-corrected chi connectivity index (χ2v) is 11.4. The van der Waals surface area contributed by atoms with Crippen molar-refractivity contribution < 1.29 is 24.8 Å². The van der Waals surface area contributed by atoms with Crippen LogP contribution >= 0.6 is 0 Å². The molecule has 0 aliphatic carbocycles. The molecule has 0 unspecified atom stereocenters. The monoisotopic (exact) mass is 580 g/mol. The molecule has 0 saturated heterocycles. The molecule has 0 atom stereocenters. The average Bonchev–Trinajstić information content (AvgIpc) is 2.94. The van der Waals surface area contributed by atoms with Gasteiger partial charge in [-0.2, -0.15) is 0 Å².